The molecule has 0 radical (unpaired) electrons. The standard InChI is InChI=1S/C20H19N3OS/c1-4-12-23(16-8-6-5-7-9-16)20(25)24-17-10-11-18-19(13-17)22-15(3)14(2)21-18/h4-11,13H,1,12H2,2-3H3. The highest BCUT2D eigenvalue weighted by Crippen LogP contribution is 2.21. The molecule has 1 aromatic heterocycles. The summed E-state index contributed by atoms with van der Waals surface area (Å²) in [5.41, 5.74) is 4.42. The van der Waals surface area contributed by atoms with Crippen molar-refractivity contribution < 1.29 is 4.74 Å². The molecule has 5 heteroatoms. The molecule has 0 aliphatic heterocycles. The first-order valence-electron chi connectivity index (χ1n) is 7.99. The van der Waals surface area contributed by atoms with Crippen molar-refractivity contribution in [2.45, 2.75) is 13.8 Å². The van der Waals surface area contributed by atoms with E-state index in [-0.39, 0.29) is 0 Å². The third kappa shape index (κ3) is 3.83. The fraction of sp³-hybridized carbons (Fsp3) is 0.150. The van der Waals surface area contributed by atoms with Gasteiger partial charge in [0.2, 0.25) is 0 Å². The molecular formula is C20H19N3OS. The lowest BCUT2D eigenvalue weighted by Crippen LogP contribution is -2.33. The molecule has 0 unspecified atom stereocenters. The van der Waals surface area contributed by atoms with Crippen LogP contribution in [0, 0.1) is 13.8 Å². The van der Waals surface area contributed by atoms with Gasteiger partial charge in [0.25, 0.3) is 5.17 Å². The number of fused-ring (bicyclic) bond motifs is 1. The molecule has 0 bridgehead atoms. The van der Waals surface area contributed by atoms with E-state index < -0.39 is 0 Å². The molecule has 4 nitrogen and oxygen atoms in total. The van der Waals surface area contributed by atoms with Gasteiger partial charge in [0.1, 0.15) is 5.75 Å². The van der Waals surface area contributed by atoms with Crippen LogP contribution in [0.15, 0.2) is 61.2 Å². The Kier molecular flexibility index (Phi) is 5.05. The van der Waals surface area contributed by atoms with Crippen molar-refractivity contribution in [1.82, 2.24) is 9.97 Å². The summed E-state index contributed by atoms with van der Waals surface area (Å²) in [5.74, 6) is 0.639. The number of hydrogen-bond acceptors (Lipinski definition) is 4. The minimum Gasteiger partial charge on any atom is -0.431 e. The molecule has 25 heavy (non-hydrogen) atoms. The molecule has 0 saturated carbocycles. The van der Waals surface area contributed by atoms with E-state index in [1.807, 2.05) is 67.3 Å². The largest absolute Gasteiger partial charge is 0.431 e. The zero-order chi connectivity index (χ0) is 17.8. The number of ether oxygens (including phenoxy) is 1. The topological polar surface area (TPSA) is 38.2 Å². The molecule has 0 amide bonds. The second-order valence-electron chi connectivity index (χ2n) is 5.65. The summed E-state index contributed by atoms with van der Waals surface area (Å²) in [4.78, 5) is 11.0. The maximum atomic E-state index is 5.90. The number of thiocarbonyl (C=S) groups is 1. The summed E-state index contributed by atoms with van der Waals surface area (Å²) >= 11 is 5.49. The van der Waals surface area contributed by atoms with Gasteiger partial charge in [-0.3, -0.25) is 4.90 Å². The normalized spacial score (nSPS) is 10.5. The lowest BCUT2D eigenvalue weighted by Gasteiger charge is -2.23. The van der Waals surface area contributed by atoms with E-state index in [2.05, 4.69) is 16.5 Å². The molecule has 2 aromatic carbocycles. The quantitative estimate of drug-likeness (QED) is 0.508. The van der Waals surface area contributed by atoms with Gasteiger partial charge in [-0.25, -0.2) is 9.97 Å². The average Bonchev–Trinajstić information content (AvgIpc) is 2.61. The van der Waals surface area contributed by atoms with Gasteiger partial charge >= 0.3 is 0 Å². The summed E-state index contributed by atoms with van der Waals surface area (Å²) < 4.78 is 5.90. The van der Waals surface area contributed by atoms with Gasteiger partial charge in [0, 0.05) is 18.3 Å². The van der Waals surface area contributed by atoms with Crippen LogP contribution in [0.3, 0.4) is 0 Å². The molecule has 0 saturated heterocycles. The Hall–Kier alpha value is -2.79. The van der Waals surface area contributed by atoms with E-state index in [0.29, 0.717) is 17.5 Å². The van der Waals surface area contributed by atoms with Crippen LogP contribution in [0.2, 0.25) is 0 Å². The number of nitrogens with zero attached hydrogens (tertiary/aromatic N) is 3. The molecule has 0 spiro atoms. The highest BCUT2D eigenvalue weighted by atomic mass is 32.1. The van der Waals surface area contributed by atoms with Crippen LogP contribution in [0.25, 0.3) is 11.0 Å². The molecule has 0 aliphatic carbocycles. The Morgan fingerprint density at radius 2 is 1.76 bits per heavy atom. The van der Waals surface area contributed by atoms with Gasteiger partial charge in [-0.15, -0.1) is 6.58 Å². The number of aromatic nitrogens is 2. The zero-order valence-electron chi connectivity index (χ0n) is 14.3. The van der Waals surface area contributed by atoms with Crippen molar-refractivity contribution in [3.8, 4) is 5.75 Å². The van der Waals surface area contributed by atoms with E-state index in [1.165, 1.54) is 0 Å². The molecule has 126 valence electrons. The maximum absolute atomic E-state index is 5.90. The molecule has 0 N–H and O–H groups in total. The molecule has 3 aromatic rings. The van der Waals surface area contributed by atoms with Crippen LogP contribution in [0.4, 0.5) is 5.69 Å². The van der Waals surface area contributed by atoms with Crippen LogP contribution in [-0.4, -0.2) is 21.7 Å². The van der Waals surface area contributed by atoms with Crippen molar-refractivity contribution >= 4 is 34.1 Å². The van der Waals surface area contributed by atoms with Crippen LogP contribution >= 0.6 is 12.2 Å². The third-order valence-electron chi connectivity index (χ3n) is 3.85. The van der Waals surface area contributed by atoms with Gasteiger partial charge in [0.15, 0.2) is 0 Å². The number of hydrogen-bond donors (Lipinski definition) is 0. The van der Waals surface area contributed by atoms with Crippen LogP contribution in [0.5, 0.6) is 5.75 Å². The first-order chi connectivity index (χ1) is 12.1. The highest BCUT2D eigenvalue weighted by Gasteiger charge is 2.13. The number of rotatable bonds is 4. The Labute approximate surface area is 152 Å². The Balaban J connectivity index is 1.87. The number of anilines is 1. The van der Waals surface area contributed by atoms with Gasteiger partial charge in [-0.05, 0) is 50.3 Å². The van der Waals surface area contributed by atoms with Crippen molar-refractivity contribution in [1.29, 1.82) is 0 Å². The SMILES string of the molecule is C=CCN(C(=S)Oc1ccc2nc(C)c(C)nc2c1)c1ccccc1. The second kappa shape index (κ2) is 7.40. The molecule has 0 fully saturated rings. The third-order valence-corrected chi connectivity index (χ3v) is 4.16. The number of aryl methyl sites for hydroxylation is 2. The van der Waals surface area contributed by atoms with E-state index in [1.54, 1.807) is 6.08 Å². The molecule has 0 atom stereocenters. The minimum atomic E-state index is 0.363. The van der Waals surface area contributed by atoms with Crippen LogP contribution < -0.4 is 9.64 Å². The molecule has 1 heterocycles. The second-order valence-corrected chi connectivity index (χ2v) is 6.00. The maximum Gasteiger partial charge on any atom is 0.269 e. The van der Waals surface area contributed by atoms with Gasteiger partial charge in [-0.2, -0.15) is 0 Å². The van der Waals surface area contributed by atoms with Gasteiger partial charge in [-0.1, -0.05) is 24.3 Å². The van der Waals surface area contributed by atoms with Crippen molar-refractivity contribution in [2.75, 3.05) is 11.4 Å². The summed E-state index contributed by atoms with van der Waals surface area (Å²) in [6.07, 6.45) is 1.79. The summed E-state index contributed by atoms with van der Waals surface area (Å²) in [6.45, 7) is 8.26. The average molecular weight is 349 g/mol. The van der Waals surface area contributed by atoms with Crippen molar-refractivity contribution in [2.24, 2.45) is 0 Å². The highest BCUT2D eigenvalue weighted by molar-refractivity contribution is 7.80. The summed E-state index contributed by atoms with van der Waals surface area (Å²) in [6, 6.07) is 15.5. The Bertz CT molecular complexity index is 925. The van der Waals surface area contributed by atoms with E-state index in [4.69, 9.17) is 17.0 Å². The van der Waals surface area contributed by atoms with Gasteiger partial charge in [0.05, 0.1) is 22.4 Å². The first-order valence-corrected chi connectivity index (χ1v) is 8.39. The Morgan fingerprint density at radius 1 is 1.08 bits per heavy atom. The molecule has 3 rings (SSSR count). The van der Waals surface area contributed by atoms with Crippen LogP contribution in [0.1, 0.15) is 11.4 Å². The zero-order valence-corrected chi connectivity index (χ0v) is 15.1. The molecule has 0 aliphatic rings. The lowest BCUT2D eigenvalue weighted by atomic mass is 10.2. The van der Waals surface area contributed by atoms with Crippen LogP contribution in [-0.2, 0) is 0 Å². The summed E-state index contributed by atoms with van der Waals surface area (Å²) in [5, 5.41) is 0.363. The van der Waals surface area contributed by atoms with Crippen molar-refractivity contribution in [3.05, 3.63) is 72.6 Å². The predicted octanol–water partition coefficient (Wildman–Crippen LogP) is 4.60. The van der Waals surface area contributed by atoms with E-state index in [9.17, 15) is 0 Å². The van der Waals surface area contributed by atoms with Crippen molar-refractivity contribution in [3.63, 3.8) is 0 Å². The smallest absolute Gasteiger partial charge is 0.269 e. The Morgan fingerprint density at radius 3 is 2.44 bits per heavy atom. The fourth-order valence-electron chi connectivity index (χ4n) is 2.45. The summed E-state index contributed by atoms with van der Waals surface area (Å²) in [7, 11) is 0. The number of benzene rings is 2. The number of para-hydroxylation sites is 1. The fourth-order valence-corrected chi connectivity index (χ4v) is 2.73. The van der Waals surface area contributed by atoms with E-state index >= 15 is 0 Å². The predicted molar refractivity (Wildman–Crippen MR) is 106 cm³/mol. The molecular weight excluding hydrogens is 330 g/mol. The monoisotopic (exact) mass is 349 g/mol. The van der Waals surface area contributed by atoms with E-state index in [0.717, 1.165) is 28.1 Å². The van der Waals surface area contributed by atoms with Gasteiger partial charge < -0.3 is 4.74 Å². The first kappa shape index (κ1) is 17.0. The lowest BCUT2D eigenvalue weighted by molar-refractivity contribution is 0.550. The minimum absolute atomic E-state index is 0.363.